The molecule has 0 unspecified atom stereocenters. The lowest BCUT2D eigenvalue weighted by Crippen LogP contribution is -2.07. The molecule has 5 rings (SSSR count). The Bertz CT molecular complexity index is 1720. The number of hydrogen-bond donors (Lipinski definition) is 0. The number of pyridine rings is 1. The molecule has 0 fully saturated rings. The molecule has 0 amide bonds. The van der Waals surface area contributed by atoms with Crippen molar-refractivity contribution < 1.29 is 27.6 Å². The van der Waals surface area contributed by atoms with Gasteiger partial charge >= 0.3 is 6.18 Å². The van der Waals surface area contributed by atoms with Gasteiger partial charge in [0.2, 0.25) is 0 Å². The fraction of sp³-hybridized carbons (Fsp3) is 0.0667. The number of non-ortho nitro benzene ring substituents is 1. The molecule has 1 heterocycles. The predicted molar refractivity (Wildman–Crippen MR) is 140 cm³/mol. The van der Waals surface area contributed by atoms with Crippen molar-refractivity contribution in [1.29, 1.82) is 0 Å². The molecule has 0 spiro atoms. The van der Waals surface area contributed by atoms with Crippen LogP contribution in [0.2, 0.25) is 0 Å². The number of nitro groups is 1. The molecule has 194 valence electrons. The molecule has 9 heteroatoms. The lowest BCUT2D eigenvalue weighted by Gasteiger charge is -2.18. The van der Waals surface area contributed by atoms with E-state index in [-0.39, 0.29) is 23.2 Å². The van der Waals surface area contributed by atoms with Crippen molar-refractivity contribution in [2.45, 2.75) is 12.8 Å². The molecule has 0 atom stereocenters. The van der Waals surface area contributed by atoms with E-state index in [1.807, 2.05) is 0 Å². The Morgan fingerprint density at radius 1 is 0.897 bits per heavy atom. The number of aldehydes is 1. The zero-order chi connectivity index (χ0) is 27.6. The van der Waals surface area contributed by atoms with E-state index >= 15 is 0 Å². The predicted octanol–water partition coefficient (Wildman–Crippen LogP) is 7.89. The maximum absolute atomic E-state index is 13.8. The summed E-state index contributed by atoms with van der Waals surface area (Å²) in [6, 6.07) is 23.5. The van der Waals surface area contributed by atoms with Crippen molar-refractivity contribution in [3.63, 3.8) is 0 Å². The second kappa shape index (κ2) is 10.4. The number of nitrogens with zero attached hydrogens (tertiary/aromatic N) is 2. The van der Waals surface area contributed by atoms with E-state index in [1.54, 1.807) is 66.7 Å². The van der Waals surface area contributed by atoms with Crippen molar-refractivity contribution in [3.8, 4) is 28.0 Å². The highest BCUT2D eigenvalue weighted by molar-refractivity contribution is 6.05. The first-order valence-electron chi connectivity index (χ1n) is 11.8. The first-order chi connectivity index (χ1) is 18.8. The summed E-state index contributed by atoms with van der Waals surface area (Å²) >= 11 is 0. The van der Waals surface area contributed by atoms with Crippen LogP contribution in [0, 0.1) is 10.1 Å². The van der Waals surface area contributed by atoms with Gasteiger partial charge in [-0.25, -0.2) is 0 Å². The average Bonchev–Trinajstić information content (AvgIpc) is 2.95. The number of ether oxygens (including phenoxy) is 1. The number of benzene rings is 4. The smallest absolute Gasteiger partial charge is 0.418 e. The summed E-state index contributed by atoms with van der Waals surface area (Å²) < 4.78 is 47.4. The Kier molecular flexibility index (Phi) is 6.81. The van der Waals surface area contributed by atoms with Crippen LogP contribution in [0.4, 0.5) is 18.9 Å². The number of carbonyl (C=O) groups is 1. The van der Waals surface area contributed by atoms with Crippen molar-refractivity contribution in [1.82, 2.24) is 4.98 Å². The van der Waals surface area contributed by atoms with Gasteiger partial charge in [0.25, 0.3) is 5.69 Å². The fourth-order valence-corrected chi connectivity index (χ4v) is 4.48. The van der Waals surface area contributed by atoms with Gasteiger partial charge in [-0.15, -0.1) is 0 Å². The van der Waals surface area contributed by atoms with Gasteiger partial charge in [-0.1, -0.05) is 60.7 Å². The highest BCUT2D eigenvalue weighted by Gasteiger charge is 2.34. The summed E-state index contributed by atoms with van der Waals surface area (Å²) in [6.45, 7) is 0.0429. The number of fused-ring (bicyclic) bond motifs is 1. The zero-order valence-electron chi connectivity index (χ0n) is 20.2. The van der Waals surface area contributed by atoms with E-state index in [4.69, 9.17) is 4.74 Å². The zero-order valence-corrected chi connectivity index (χ0v) is 20.2. The summed E-state index contributed by atoms with van der Waals surface area (Å²) in [5, 5.41) is 11.3. The minimum atomic E-state index is -4.62. The molecule has 0 aliphatic heterocycles. The number of carbonyl (C=O) groups excluding carboxylic acids is 1. The van der Waals surface area contributed by atoms with Crippen LogP contribution in [-0.4, -0.2) is 16.2 Å². The topological polar surface area (TPSA) is 82.3 Å². The van der Waals surface area contributed by atoms with Crippen molar-refractivity contribution in [2.75, 3.05) is 0 Å². The minimum absolute atomic E-state index is 0.0429. The van der Waals surface area contributed by atoms with Gasteiger partial charge in [0.15, 0.2) is 6.29 Å². The third kappa shape index (κ3) is 5.19. The molecule has 5 aromatic rings. The van der Waals surface area contributed by atoms with Crippen LogP contribution in [0.15, 0.2) is 97.2 Å². The first-order valence-corrected chi connectivity index (χ1v) is 11.8. The highest BCUT2D eigenvalue weighted by atomic mass is 19.4. The van der Waals surface area contributed by atoms with E-state index in [9.17, 15) is 28.1 Å². The summed E-state index contributed by atoms with van der Waals surface area (Å²) in [5.41, 5.74) is 1.83. The van der Waals surface area contributed by atoms with Gasteiger partial charge in [0.1, 0.15) is 12.4 Å². The van der Waals surface area contributed by atoms with Gasteiger partial charge in [0.05, 0.1) is 16.0 Å². The molecule has 0 saturated heterocycles. The maximum atomic E-state index is 13.8. The molecule has 6 nitrogen and oxygen atoms in total. The van der Waals surface area contributed by atoms with Crippen LogP contribution in [-0.2, 0) is 12.8 Å². The number of nitro benzene ring substituents is 1. The fourth-order valence-electron chi connectivity index (χ4n) is 4.48. The number of para-hydroxylation sites is 1. The lowest BCUT2D eigenvalue weighted by molar-refractivity contribution is -0.384. The van der Waals surface area contributed by atoms with Crippen LogP contribution >= 0.6 is 0 Å². The molecule has 1 aromatic heterocycles. The standard InChI is InChI=1S/C30H19F3N2O4/c31-30(32,33)27-13-5-12-25-28(26(16-34-29(25)27)24-11-2-1-7-21(24)17-36)20-8-4-10-23(15-20)39-18-19-6-3-9-22(14-19)35(37)38/h1-17H,18H2. The van der Waals surface area contributed by atoms with Crippen LogP contribution in [0.25, 0.3) is 33.2 Å². The quantitative estimate of drug-likeness (QED) is 0.122. The highest BCUT2D eigenvalue weighted by Crippen LogP contribution is 2.42. The Labute approximate surface area is 220 Å². The Balaban J connectivity index is 1.65. The lowest BCUT2D eigenvalue weighted by atomic mass is 9.90. The number of halogens is 3. The van der Waals surface area contributed by atoms with Crippen LogP contribution in [0.1, 0.15) is 21.5 Å². The third-order valence-electron chi connectivity index (χ3n) is 6.23. The minimum Gasteiger partial charge on any atom is -0.489 e. The van der Waals surface area contributed by atoms with Crippen molar-refractivity contribution in [3.05, 3.63) is 124 Å². The Morgan fingerprint density at radius 3 is 2.44 bits per heavy atom. The molecule has 0 N–H and O–H groups in total. The molecular formula is C30H19F3N2O4. The van der Waals surface area contributed by atoms with E-state index in [1.165, 1.54) is 24.4 Å². The summed E-state index contributed by atoms with van der Waals surface area (Å²) in [5.74, 6) is 0.408. The number of aromatic nitrogens is 1. The molecular weight excluding hydrogens is 509 g/mol. The summed E-state index contributed by atoms with van der Waals surface area (Å²) in [7, 11) is 0. The van der Waals surface area contributed by atoms with Crippen molar-refractivity contribution >= 4 is 22.9 Å². The number of hydrogen-bond acceptors (Lipinski definition) is 5. The van der Waals surface area contributed by atoms with Gasteiger partial charge in [-0.3, -0.25) is 19.9 Å². The molecule has 39 heavy (non-hydrogen) atoms. The molecule has 0 saturated carbocycles. The number of rotatable bonds is 7. The summed E-state index contributed by atoms with van der Waals surface area (Å²) in [6.07, 6.45) is -2.57. The van der Waals surface area contributed by atoms with E-state index in [2.05, 4.69) is 4.98 Å². The summed E-state index contributed by atoms with van der Waals surface area (Å²) in [4.78, 5) is 26.6. The van der Waals surface area contributed by atoms with Crippen LogP contribution < -0.4 is 4.74 Å². The van der Waals surface area contributed by atoms with Gasteiger partial charge < -0.3 is 4.74 Å². The van der Waals surface area contributed by atoms with E-state index in [0.29, 0.717) is 45.4 Å². The third-order valence-corrected chi connectivity index (χ3v) is 6.23. The van der Waals surface area contributed by atoms with Crippen LogP contribution in [0.3, 0.4) is 0 Å². The Morgan fingerprint density at radius 2 is 1.67 bits per heavy atom. The molecule has 0 radical (unpaired) electrons. The van der Waals surface area contributed by atoms with Crippen LogP contribution in [0.5, 0.6) is 5.75 Å². The van der Waals surface area contributed by atoms with E-state index < -0.39 is 16.7 Å². The largest absolute Gasteiger partial charge is 0.489 e. The number of alkyl halides is 3. The molecule has 0 aliphatic rings. The molecule has 0 aliphatic carbocycles. The van der Waals surface area contributed by atoms with Gasteiger partial charge in [0, 0.05) is 40.4 Å². The van der Waals surface area contributed by atoms with E-state index in [0.717, 1.165) is 6.07 Å². The maximum Gasteiger partial charge on any atom is 0.418 e. The normalized spacial score (nSPS) is 11.4. The average molecular weight is 528 g/mol. The van der Waals surface area contributed by atoms with Crippen molar-refractivity contribution in [2.24, 2.45) is 0 Å². The second-order valence-corrected chi connectivity index (χ2v) is 8.69. The first kappa shape index (κ1) is 25.6. The molecule has 0 bridgehead atoms. The van der Waals surface area contributed by atoms with Gasteiger partial charge in [-0.05, 0) is 34.9 Å². The monoisotopic (exact) mass is 528 g/mol. The molecule has 4 aromatic carbocycles. The SMILES string of the molecule is O=Cc1ccccc1-c1cnc2c(C(F)(F)F)cccc2c1-c1cccc(OCc2cccc([N+](=O)[O-])c2)c1. The second-order valence-electron chi connectivity index (χ2n) is 8.69. The van der Waals surface area contributed by atoms with Gasteiger partial charge in [-0.2, -0.15) is 13.2 Å². The Hall–Kier alpha value is -5.05.